The lowest BCUT2D eigenvalue weighted by atomic mass is 9.67. The van der Waals surface area contributed by atoms with Crippen molar-refractivity contribution in [3.8, 4) is 5.75 Å². The van der Waals surface area contributed by atoms with Crippen molar-refractivity contribution in [2.75, 3.05) is 6.61 Å². The Labute approximate surface area is 195 Å². The first-order valence-corrected chi connectivity index (χ1v) is 11.2. The molecule has 0 saturated heterocycles. The van der Waals surface area contributed by atoms with Crippen molar-refractivity contribution in [3.05, 3.63) is 138 Å². The summed E-state index contributed by atoms with van der Waals surface area (Å²) in [5.74, 6) is -0.738. The van der Waals surface area contributed by atoms with Gasteiger partial charge in [0, 0.05) is 5.41 Å². The molecule has 0 aliphatic heterocycles. The molecule has 33 heavy (non-hydrogen) atoms. The van der Waals surface area contributed by atoms with Gasteiger partial charge in [0.05, 0.1) is 12.5 Å². The molecule has 0 spiro atoms. The lowest BCUT2D eigenvalue weighted by molar-refractivity contribution is -0.138. The molecule has 0 aliphatic rings. The molecule has 4 aromatic carbocycles. The average molecular weight is 437 g/mol. The topological polar surface area (TPSA) is 46.5 Å². The van der Waals surface area contributed by atoms with Crippen LogP contribution in [0, 0.1) is 0 Å². The summed E-state index contributed by atoms with van der Waals surface area (Å²) in [7, 11) is 0. The van der Waals surface area contributed by atoms with E-state index < -0.39 is 11.9 Å². The van der Waals surface area contributed by atoms with Gasteiger partial charge < -0.3 is 9.84 Å². The average Bonchev–Trinajstić information content (AvgIpc) is 2.88. The summed E-state index contributed by atoms with van der Waals surface area (Å²) in [4.78, 5) is 11.4. The number of carboxylic acids is 1. The smallest absolute Gasteiger partial charge is 0.310 e. The van der Waals surface area contributed by atoms with Crippen LogP contribution < -0.4 is 4.74 Å². The molecule has 1 atom stereocenters. The zero-order valence-electron chi connectivity index (χ0n) is 18.7. The van der Waals surface area contributed by atoms with Crippen LogP contribution >= 0.6 is 0 Å². The first kappa shape index (κ1) is 22.3. The Morgan fingerprint density at radius 2 is 1.24 bits per heavy atom. The van der Waals surface area contributed by atoms with Crippen LogP contribution in [-0.4, -0.2) is 17.7 Å². The molecule has 0 heterocycles. The summed E-state index contributed by atoms with van der Waals surface area (Å²) in [6.07, 6.45) is 0.726. The van der Waals surface area contributed by atoms with E-state index in [2.05, 4.69) is 72.8 Å². The van der Waals surface area contributed by atoms with E-state index in [1.807, 2.05) is 42.5 Å². The quantitative estimate of drug-likeness (QED) is 0.298. The highest BCUT2D eigenvalue weighted by Crippen LogP contribution is 2.42. The molecule has 0 saturated carbocycles. The molecule has 0 aliphatic carbocycles. The Hall–Kier alpha value is -3.85. The van der Waals surface area contributed by atoms with Crippen molar-refractivity contribution < 1.29 is 14.6 Å². The lowest BCUT2D eigenvalue weighted by Gasteiger charge is -2.36. The van der Waals surface area contributed by atoms with Crippen LogP contribution in [0.1, 0.15) is 41.5 Å². The van der Waals surface area contributed by atoms with Crippen LogP contribution in [0.5, 0.6) is 5.75 Å². The van der Waals surface area contributed by atoms with Gasteiger partial charge in [0.2, 0.25) is 0 Å². The number of benzene rings is 4. The molecule has 0 fully saturated rings. The largest absolute Gasteiger partial charge is 0.494 e. The van der Waals surface area contributed by atoms with Gasteiger partial charge >= 0.3 is 5.97 Å². The van der Waals surface area contributed by atoms with Crippen LogP contribution in [0.25, 0.3) is 0 Å². The highest BCUT2D eigenvalue weighted by atomic mass is 16.5. The number of hydrogen-bond donors (Lipinski definition) is 1. The third-order valence-electron chi connectivity index (χ3n) is 6.27. The normalized spacial score (nSPS) is 12.2. The van der Waals surface area contributed by atoms with E-state index in [1.165, 1.54) is 16.7 Å². The zero-order valence-corrected chi connectivity index (χ0v) is 18.7. The molecule has 4 rings (SSSR count). The van der Waals surface area contributed by atoms with Crippen molar-refractivity contribution >= 4 is 5.97 Å². The lowest BCUT2D eigenvalue weighted by Crippen LogP contribution is -2.31. The molecule has 1 unspecified atom stereocenters. The second-order valence-electron chi connectivity index (χ2n) is 8.23. The van der Waals surface area contributed by atoms with Crippen LogP contribution in [0.2, 0.25) is 0 Å². The van der Waals surface area contributed by atoms with E-state index in [1.54, 1.807) is 6.92 Å². The molecule has 3 nitrogen and oxygen atoms in total. The Morgan fingerprint density at radius 3 is 1.70 bits per heavy atom. The number of rotatable bonds is 9. The van der Waals surface area contributed by atoms with Crippen molar-refractivity contribution in [3.63, 3.8) is 0 Å². The van der Waals surface area contributed by atoms with Gasteiger partial charge in [-0.25, -0.2) is 0 Å². The minimum atomic E-state index is -0.844. The number of hydrogen-bond acceptors (Lipinski definition) is 2. The van der Waals surface area contributed by atoms with Gasteiger partial charge in [-0.2, -0.15) is 0 Å². The van der Waals surface area contributed by atoms with Gasteiger partial charge in [-0.1, -0.05) is 103 Å². The van der Waals surface area contributed by atoms with E-state index in [9.17, 15) is 9.90 Å². The molecule has 1 N–H and O–H groups in total. The minimum absolute atomic E-state index is 0.379. The van der Waals surface area contributed by atoms with Crippen molar-refractivity contribution in [2.45, 2.75) is 24.7 Å². The molecular weight excluding hydrogens is 408 g/mol. The number of carbonyl (C=O) groups is 1. The van der Waals surface area contributed by atoms with Gasteiger partial charge in [-0.05, 0) is 47.7 Å². The Balaban J connectivity index is 1.70. The predicted molar refractivity (Wildman–Crippen MR) is 132 cm³/mol. The minimum Gasteiger partial charge on any atom is -0.494 e. The summed E-state index contributed by atoms with van der Waals surface area (Å²) in [5.41, 5.74) is 3.98. The molecular formula is C30H28O3. The van der Waals surface area contributed by atoms with E-state index in [0.717, 1.165) is 12.0 Å². The van der Waals surface area contributed by atoms with Crippen LogP contribution in [0.3, 0.4) is 0 Å². The fourth-order valence-corrected chi connectivity index (χ4v) is 4.44. The van der Waals surface area contributed by atoms with Crippen molar-refractivity contribution in [1.29, 1.82) is 0 Å². The van der Waals surface area contributed by atoms with E-state index >= 15 is 0 Å². The summed E-state index contributed by atoms with van der Waals surface area (Å²) in [6, 6.07) is 39.0. The van der Waals surface area contributed by atoms with Crippen molar-refractivity contribution in [1.82, 2.24) is 0 Å². The third-order valence-corrected chi connectivity index (χ3v) is 6.27. The second-order valence-corrected chi connectivity index (χ2v) is 8.23. The van der Waals surface area contributed by atoms with E-state index in [0.29, 0.717) is 12.4 Å². The molecule has 0 radical (unpaired) electrons. The van der Waals surface area contributed by atoms with Crippen LogP contribution in [-0.2, 0) is 10.2 Å². The molecule has 4 aromatic rings. The van der Waals surface area contributed by atoms with Gasteiger partial charge in [-0.3, -0.25) is 4.79 Å². The second kappa shape index (κ2) is 10.2. The number of ether oxygens (including phenoxy) is 1. The monoisotopic (exact) mass is 436 g/mol. The van der Waals surface area contributed by atoms with Crippen molar-refractivity contribution in [2.24, 2.45) is 0 Å². The van der Waals surface area contributed by atoms with E-state index in [4.69, 9.17) is 4.74 Å². The van der Waals surface area contributed by atoms with Gasteiger partial charge in [0.15, 0.2) is 0 Å². The van der Waals surface area contributed by atoms with Gasteiger partial charge in [-0.15, -0.1) is 0 Å². The summed E-state index contributed by atoms with van der Waals surface area (Å²) in [6.45, 7) is 2.16. The maximum Gasteiger partial charge on any atom is 0.310 e. The van der Waals surface area contributed by atoms with Crippen LogP contribution in [0.4, 0.5) is 0 Å². The number of carboxylic acid groups (broad SMARTS) is 1. The standard InChI is InChI=1S/C30H28O3/c1-23(29(31)32)24-12-11-19-28(22-24)33-21-20-30(25-13-5-2-6-14-25,26-15-7-3-8-16-26)27-17-9-4-10-18-27/h2-19,22-23H,20-21H2,1H3,(H,31,32). The third kappa shape index (κ3) is 4.83. The SMILES string of the molecule is CC(C(=O)O)c1cccc(OCCC(c2ccccc2)(c2ccccc2)c2ccccc2)c1. The Morgan fingerprint density at radius 1 is 0.758 bits per heavy atom. The van der Waals surface area contributed by atoms with Gasteiger partial charge in [0.25, 0.3) is 0 Å². The fraction of sp³-hybridized carbons (Fsp3) is 0.167. The van der Waals surface area contributed by atoms with Crippen LogP contribution in [0.15, 0.2) is 115 Å². The highest BCUT2D eigenvalue weighted by molar-refractivity contribution is 5.75. The first-order chi connectivity index (χ1) is 16.1. The Bertz CT molecular complexity index is 1070. The zero-order chi connectivity index (χ0) is 23.1. The first-order valence-electron chi connectivity index (χ1n) is 11.2. The molecule has 3 heteroatoms. The highest BCUT2D eigenvalue weighted by Gasteiger charge is 2.36. The predicted octanol–water partition coefficient (Wildman–Crippen LogP) is 6.68. The maximum absolute atomic E-state index is 11.4. The van der Waals surface area contributed by atoms with E-state index in [-0.39, 0.29) is 5.41 Å². The molecule has 0 bridgehead atoms. The summed E-state index contributed by atoms with van der Waals surface area (Å²) >= 11 is 0. The Kier molecular flexibility index (Phi) is 6.89. The fourth-order valence-electron chi connectivity index (χ4n) is 4.44. The maximum atomic E-state index is 11.4. The molecule has 0 amide bonds. The summed E-state index contributed by atoms with van der Waals surface area (Å²) < 4.78 is 6.20. The number of aliphatic carboxylic acids is 1. The summed E-state index contributed by atoms with van der Waals surface area (Å²) in [5, 5.41) is 9.35. The molecule has 0 aromatic heterocycles. The molecule has 166 valence electrons. The van der Waals surface area contributed by atoms with Gasteiger partial charge in [0.1, 0.15) is 5.75 Å².